The van der Waals surface area contributed by atoms with E-state index in [-0.39, 0.29) is 12.4 Å². The van der Waals surface area contributed by atoms with Crippen LogP contribution in [-0.4, -0.2) is 18.1 Å². The van der Waals surface area contributed by atoms with Gasteiger partial charge >= 0.3 is 6.36 Å². The molecule has 0 saturated heterocycles. The lowest BCUT2D eigenvalue weighted by atomic mass is 9.97. The molecule has 19 heavy (non-hydrogen) atoms. The standard InChI is InChI=1S/C14H18F3O2/c1-3-4-5-11-6-12(10(2)9-18)8-13(7-11)19-14(15,16)17/h6-8,10,18H,2-5,9H2,1H3. The van der Waals surface area contributed by atoms with Gasteiger partial charge in [-0.3, -0.25) is 0 Å². The topological polar surface area (TPSA) is 29.5 Å². The third kappa shape index (κ3) is 5.51. The normalized spacial score (nSPS) is 13.4. The van der Waals surface area contributed by atoms with E-state index in [1.54, 1.807) is 6.07 Å². The Hall–Kier alpha value is -1.23. The Labute approximate surface area is 111 Å². The van der Waals surface area contributed by atoms with Crippen molar-refractivity contribution in [2.24, 2.45) is 0 Å². The lowest BCUT2D eigenvalue weighted by Gasteiger charge is -2.15. The molecule has 1 aromatic rings. The van der Waals surface area contributed by atoms with Crippen molar-refractivity contribution in [1.82, 2.24) is 0 Å². The summed E-state index contributed by atoms with van der Waals surface area (Å²) in [6, 6.07) is 4.43. The smallest absolute Gasteiger partial charge is 0.406 e. The number of hydrogen-bond donors (Lipinski definition) is 1. The molecule has 0 saturated carbocycles. The quantitative estimate of drug-likeness (QED) is 0.854. The summed E-state index contributed by atoms with van der Waals surface area (Å²) in [4.78, 5) is 0. The molecule has 0 aliphatic rings. The number of aliphatic hydroxyl groups excluding tert-OH is 1. The third-order valence-electron chi connectivity index (χ3n) is 2.73. The molecular weight excluding hydrogens is 257 g/mol. The van der Waals surface area contributed by atoms with Crippen LogP contribution in [0.1, 0.15) is 36.8 Å². The largest absolute Gasteiger partial charge is 0.573 e. The number of ether oxygens (including phenoxy) is 1. The van der Waals surface area contributed by atoms with E-state index in [9.17, 15) is 13.2 Å². The Balaban J connectivity index is 3.01. The first-order valence-corrected chi connectivity index (χ1v) is 6.19. The fourth-order valence-corrected chi connectivity index (χ4v) is 1.74. The van der Waals surface area contributed by atoms with Crippen LogP contribution in [0.5, 0.6) is 5.75 Å². The molecule has 1 unspecified atom stereocenters. The van der Waals surface area contributed by atoms with Gasteiger partial charge in [-0.25, -0.2) is 0 Å². The number of benzene rings is 1. The minimum absolute atomic E-state index is 0.220. The van der Waals surface area contributed by atoms with Gasteiger partial charge in [0.15, 0.2) is 0 Å². The van der Waals surface area contributed by atoms with Gasteiger partial charge in [0.1, 0.15) is 5.75 Å². The van der Waals surface area contributed by atoms with Crippen molar-refractivity contribution in [3.05, 3.63) is 36.2 Å². The fourth-order valence-electron chi connectivity index (χ4n) is 1.74. The maximum Gasteiger partial charge on any atom is 0.573 e. The van der Waals surface area contributed by atoms with Crippen molar-refractivity contribution in [2.45, 2.75) is 38.5 Å². The van der Waals surface area contributed by atoms with Crippen molar-refractivity contribution in [2.75, 3.05) is 6.61 Å². The maximum atomic E-state index is 12.3. The molecule has 1 aromatic carbocycles. The van der Waals surface area contributed by atoms with Crippen LogP contribution in [0.2, 0.25) is 0 Å². The minimum Gasteiger partial charge on any atom is -0.406 e. The number of rotatable bonds is 6. The highest BCUT2D eigenvalue weighted by Crippen LogP contribution is 2.28. The lowest BCUT2D eigenvalue weighted by molar-refractivity contribution is -0.274. The van der Waals surface area contributed by atoms with Crippen LogP contribution in [0.15, 0.2) is 18.2 Å². The number of aliphatic hydroxyl groups is 1. The number of unbranched alkanes of at least 4 members (excludes halogenated alkanes) is 1. The number of hydrogen-bond acceptors (Lipinski definition) is 2. The second kappa shape index (κ2) is 6.80. The molecule has 1 rings (SSSR count). The van der Waals surface area contributed by atoms with E-state index in [4.69, 9.17) is 5.11 Å². The molecule has 1 radical (unpaired) electrons. The zero-order valence-electron chi connectivity index (χ0n) is 10.8. The summed E-state index contributed by atoms with van der Waals surface area (Å²) < 4.78 is 40.7. The second-order valence-corrected chi connectivity index (χ2v) is 4.44. The van der Waals surface area contributed by atoms with Gasteiger partial charge in [-0.2, -0.15) is 0 Å². The van der Waals surface area contributed by atoms with Gasteiger partial charge in [0.25, 0.3) is 0 Å². The SMILES string of the molecule is [CH2]C(CO)c1cc(CCCC)cc(OC(F)(F)F)c1. The highest BCUT2D eigenvalue weighted by molar-refractivity contribution is 5.37. The van der Waals surface area contributed by atoms with Crippen LogP contribution in [0.3, 0.4) is 0 Å². The molecule has 5 heteroatoms. The zero-order chi connectivity index (χ0) is 14.5. The van der Waals surface area contributed by atoms with E-state index in [1.807, 2.05) is 6.92 Å². The summed E-state index contributed by atoms with van der Waals surface area (Å²) in [5.74, 6) is -0.713. The predicted molar refractivity (Wildman–Crippen MR) is 66.9 cm³/mol. The van der Waals surface area contributed by atoms with E-state index < -0.39 is 12.3 Å². The van der Waals surface area contributed by atoms with Gasteiger partial charge in [0, 0.05) is 12.5 Å². The van der Waals surface area contributed by atoms with Gasteiger partial charge in [-0.05, 0) is 43.0 Å². The number of halogens is 3. The molecule has 0 spiro atoms. The van der Waals surface area contributed by atoms with E-state index in [0.29, 0.717) is 12.0 Å². The van der Waals surface area contributed by atoms with Crippen LogP contribution in [0, 0.1) is 6.92 Å². The van der Waals surface area contributed by atoms with Crippen molar-refractivity contribution in [3.8, 4) is 5.75 Å². The zero-order valence-corrected chi connectivity index (χ0v) is 10.8. The Bertz CT molecular complexity index is 402. The lowest BCUT2D eigenvalue weighted by Crippen LogP contribution is -2.17. The molecular formula is C14H18F3O2. The molecule has 0 amide bonds. The van der Waals surface area contributed by atoms with E-state index in [0.717, 1.165) is 18.4 Å². The molecule has 0 bridgehead atoms. The number of aryl methyl sites for hydroxylation is 1. The van der Waals surface area contributed by atoms with Crippen LogP contribution in [-0.2, 0) is 6.42 Å². The van der Waals surface area contributed by atoms with Gasteiger partial charge in [-0.1, -0.05) is 19.4 Å². The van der Waals surface area contributed by atoms with Crippen molar-refractivity contribution in [1.29, 1.82) is 0 Å². The molecule has 0 heterocycles. The molecule has 1 atom stereocenters. The average molecular weight is 275 g/mol. The van der Waals surface area contributed by atoms with E-state index in [1.165, 1.54) is 12.1 Å². The molecule has 1 N–H and O–H groups in total. The van der Waals surface area contributed by atoms with Crippen molar-refractivity contribution in [3.63, 3.8) is 0 Å². The summed E-state index contributed by atoms with van der Waals surface area (Å²) in [6.07, 6.45) is -2.20. The van der Waals surface area contributed by atoms with Crippen molar-refractivity contribution >= 4 is 0 Å². The Morgan fingerprint density at radius 2 is 2.00 bits per heavy atom. The minimum atomic E-state index is -4.71. The Morgan fingerprint density at radius 1 is 1.32 bits per heavy atom. The molecule has 0 fully saturated rings. The predicted octanol–water partition coefficient (Wildman–Crippen LogP) is 3.84. The monoisotopic (exact) mass is 275 g/mol. The van der Waals surface area contributed by atoms with Gasteiger partial charge in [0.2, 0.25) is 0 Å². The molecule has 0 aliphatic carbocycles. The number of alkyl halides is 3. The Kier molecular flexibility index (Phi) is 5.66. The summed E-state index contributed by atoms with van der Waals surface area (Å²) in [7, 11) is 0. The van der Waals surface area contributed by atoms with Gasteiger partial charge < -0.3 is 9.84 Å². The molecule has 2 nitrogen and oxygen atoms in total. The van der Waals surface area contributed by atoms with Crippen LogP contribution in [0.4, 0.5) is 13.2 Å². The third-order valence-corrected chi connectivity index (χ3v) is 2.73. The first kappa shape index (κ1) is 15.8. The highest BCUT2D eigenvalue weighted by Gasteiger charge is 2.31. The fraction of sp³-hybridized carbons (Fsp3) is 0.500. The van der Waals surface area contributed by atoms with Crippen LogP contribution >= 0.6 is 0 Å². The summed E-state index contributed by atoms with van der Waals surface area (Å²) in [6.45, 7) is 5.49. The molecule has 0 aromatic heterocycles. The Morgan fingerprint density at radius 3 is 2.53 bits per heavy atom. The second-order valence-electron chi connectivity index (χ2n) is 4.44. The van der Waals surface area contributed by atoms with Crippen LogP contribution < -0.4 is 4.74 Å². The van der Waals surface area contributed by atoms with Crippen molar-refractivity contribution < 1.29 is 23.0 Å². The molecule has 107 valence electrons. The maximum absolute atomic E-state index is 12.3. The molecule has 0 aliphatic heterocycles. The first-order chi connectivity index (χ1) is 8.85. The summed E-state index contributed by atoms with van der Waals surface area (Å²) in [5.41, 5.74) is 1.32. The van der Waals surface area contributed by atoms with Gasteiger partial charge in [0.05, 0.1) is 0 Å². The van der Waals surface area contributed by atoms with Gasteiger partial charge in [-0.15, -0.1) is 13.2 Å². The highest BCUT2D eigenvalue weighted by atomic mass is 19.4. The average Bonchev–Trinajstić information content (AvgIpc) is 2.33. The first-order valence-electron chi connectivity index (χ1n) is 6.19. The van der Waals surface area contributed by atoms with E-state index >= 15 is 0 Å². The van der Waals surface area contributed by atoms with E-state index in [2.05, 4.69) is 11.7 Å². The summed E-state index contributed by atoms with van der Waals surface area (Å²) in [5, 5.41) is 9.05. The summed E-state index contributed by atoms with van der Waals surface area (Å²) >= 11 is 0. The van der Waals surface area contributed by atoms with Crippen LogP contribution in [0.25, 0.3) is 0 Å².